The van der Waals surface area contributed by atoms with Crippen molar-refractivity contribution in [3.05, 3.63) is 67.9 Å². The molecule has 1 unspecified atom stereocenters. The van der Waals surface area contributed by atoms with Gasteiger partial charge in [-0.15, -0.1) is 11.3 Å². The smallest absolute Gasteiger partial charge is 0.0591 e. The summed E-state index contributed by atoms with van der Waals surface area (Å²) < 4.78 is 3.59. The van der Waals surface area contributed by atoms with Gasteiger partial charge >= 0.3 is 0 Å². The van der Waals surface area contributed by atoms with E-state index in [1.165, 1.54) is 25.7 Å². The summed E-state index contributed by atoms with van der Waals surface area (Å²) >= 11 is 8.95. The van der Waals surface area contributed by atoms with Gasteiger partial charge in [-0.05, 0) is 62.6 Å². The maximum absolute atomic E-state index is 3.65. The third kappa shape index (κ3) is 3.09. The molecule has 2 aromatic carbocycles. The molecule has 0 spiro atoms. The van der Waals surface area contributed by atoms with Crippen LogP contribution in [0.4, 0.5) is 0 Å². The van der Waals surface area contributed by atoms with Crippen molar-refractivity contribution in [3.63, 3.8) is 0 Å². The highest BCUT2D eigenvalue weighted by Gasteiger charge is 2.17. The summed E-state index contributed by atoms with van der Waals surface area (Å²) in [7, 11) is 0. The molecular weight excluding hydrogens is 410 g/mol. The minimum absolute atomic E-state index is 0.228. The van der Waals surface area contributed by atoms with Gasteiger partial charge in [-0.2, -0.15) is 0 Å². The van der Waals surface area contributed by atoms with E-state index in [0.29, 0.717) is 0 Å². The molecule has 108 valence electrons. The topological polar surface area (TPSA) is 12.0 Å². The molecule has 3 rings (SSSR count). The van der Waals surface area contributed by atoms with Crippen LogP contribution >= 0.6 is 43.2 Å². The van der Waals surface area contributed by atoms with Crippen LogP contribution in [0.25, 0.3) is 10.1 Å². The second-order valence-electron chi connectivity index (χ2n) is 4.85. The second kappa shape index (κ2) is 6.61. The molecule has 0 fully saturated rings. The van der Waals surface area contributed by atoms with Crippen molar-refractivity contribution < 1.29 is 0 Å². The molecule has 21 heavy (non-hydrogen) atoms. The fourth-order valence-corrected chi connectivity index (χ4v) is 4.44. The fourth-order valence-electron chi connectivity index (χ4n) is 2.53. The number of benzene rings is 2. The normalized spacial score (nSPS) is 12.7. The van der Waals surface area contributed by atoms with Crippen LogP contribution in [0.3, 0.4) is 0 Å². The van der Waals surface area contributed by atoms with Crippen molar-refractivity contribution >= 4 is 53.3 Å². The summed E-state index contributed by atoms with van der Waals surface area (Å²) in [6.07, 6.45) is 0. The molecule has 0 amide bonds. The minimum atomic E-state index is 0.228. The molecule has 1 heterocycles. The molecule has 0 bridgehead atoms. The average Bonchev–Trinajstić information content (AvgIpc) is 2.91. The highest BCUT2D eigenvalue weighted by atomic mass is 79.9. The monoisotopic (exact) mass is 423 g/mol. The van der Waals surface area contributed by atoms with Gasteiger partial charge in [-0.1, -0.05) is 47.1 Å². The molecule has 1 atom stereocenters. The molecular formula is C17H15Br2NS. The summed E-state index contributed by atoms with van der Waals surface area (Å²) in [4.78, 5) is 0. The number of hydrogen-bond donors (Lipinski definition) is 1. The van der Waals surface area contributed by atoms with Crippen molar-refractivity contribution in [1.29, 1.82) is 0 Å². The largest absolute Gasteiger partial charge is 0.306 e. The Kier molecular flexibility index (Phi) is 4.79. The van der Waals surface area contributed by atoms with E-state index in [2.05, 4.69) is 91.9 Å². The molecule has 4 heteroatoms. The number of hydrogen-bond acceptors (Lipinski definition) is 2. The minimum Gasteiger partial charge on any atom is -0.306 e. The van der Waals surface area contributed by atoms with Crippen molar-refractivity contribution in [1.82, 2.24) is 5.32 Å². The zero-order valence-corrected chi connectivity index (χ0v) is 15.6. The first kappa shape index (κ1) is 15.2. The van der Waals surface area contributed by atoms with Crippen LogP contribution in [-0.2, 0) is 0 Å². The number of fused-ring (bicyclic) bond motifs is 1. The first-order valence-corrected chi connectivity index (χ1v) is 9.31. The van der Waals surface area contributed by atoms with Gasteiger partial charge in [0.2, 0.25) is 0 Å². The molecule has 0 aliphatic rings. The van der Waals surface area contributed by atoms with Gasteiger partial charge in [0.15, 0.2) is 0 Å². The molecule has 0 saturated carbocycles. The Bertz CT molecular complexity index is 749. The van der Waals surface area contributed by atoms with Gasteiger partial charge in [0.25, 0.3) is 0 Å². The average molecular weight is 425 g/mol. The van der Waals surface area contributed by atoms with Crippen LogP contribution < -0.4 is 5.32 Å². The van der Waals surface area contributed by atoms with Gasteiger partial charge < -0.3 is 5.32 Å². The SMILES string of the molecule is CCNC(c1ccc(Br)cc1)c1csc2c(Br)cccc12. The van der Waals surface area contributed by atoms with Gasteiger partial charge in [0, 0.05) is 13.6 Å². The third-order valence-corrected chi connectivity index (χ3v) is 6.00. The molecule has 0 saturated heterocycles. The molecule has 1 aromatic heterocycles. The zero-order chi connectivity index (χ0) is 14.8. The number of thiophene rings is 1. The van der Waals surface area contributed by atoms with Gasteiger partial charge in [0.05, 0.1) is 6.04 Å². The van der Waals surface area contributed by atoms with E-state index in [4.69, 9.17) is 0 Å². The van der Waals surface area contributed by atoms with E-state index >= 15 is 0 Å². The molecule has 1 nitrogen and oxygen atoms in total. The Morgan fingerprint density at radius 1 is 1.10 bits per heavy atom. The van der Waals surface area contributed by atoms with E-state index in [1.807, 2.05) is 0 Å². The maximum atomic E-state index is 3.65. The highest BCUT2D eigenvalue weighted by Crippen LogP contribution is 2.37. The van der Waals surface area contributed by atoms with Crippen LogP contribution in [0.1, 0.15) is 24.1 Å². The summed E-state index contributed by atoms with van der Waals surface area (Å²) in [5.41, 5.74) is 2.64. The lowest BCUT2D eigenvalue weighted by Crippen LogP contribution is -2.21. The van der Waals surface area contributed by atoms with E-state index in [-0.39, 0.29) is 6.04 Å². The number of halogens is 2. The first-order chi connectivity index (χ1) is 10.2. The van der Waals surface area contributed by atoms with Crippen molar-refractivity contribution in [3.8, 4) is 0 Å². The van der Waals surface area contributed by atoms with Crippen molar-refractivity contribution in [2.45, 2.75) is 13.0 Å². The van der Waals surface area contributed by atoms with Crippen LogP contribution in [0.2, 0.25) is 0 Å². The van der Waals surface area contributed by atoms with Crippen LogP contribution in [0, 0.1) is 0 Å². The Hall–Kier alpha value is -0.680. The van der Waals surface area contributed by atoms with Gasteiger partial charge in [-0.25, -0.2) is 0 Å². The van der Waals surface area contributed by atoms with E-state index < -0.39 is 0 Å². The summed E-state index contributed by atoms with van der Waals surface area (Å²) in [6, 6.07) is 15.2. The molecule has 0 aliphatic carbocycles. The zero-order valence-electron chi connectivity index (χ0n) is 11.6. The summed E-state index contributed by atoms with van der Waals surface area (Å²) in [6.45, 7) is 3.09. The number of rotatable bonds is 4. The number of nitrogens with one attached hydrogen (secondary N) is 1. The second-order valence-corrected chi connectivity index (χ2v) is 7.50. The van der Waals surface area contributed by atoms with E-state index in [0.717, 1.165) is 11.0 Å². The first-order valence-electron chi connectivity index (χ1n) is 6.85. The van der Waals surface area contributed by atoms with E-state index in [9.17, 15) is 0 Å². The van der Waals surface area contributed by atoms with Gasteiger partial charge in [0.1, 0.15) is 0 Å². The fraction of sp³-hybridized carbons (Fsp3) is 0.176. The Morgan fingerprint density at radius 3 is 2.57 bits per heavy atom. The Labute approximate surface area is 145 Å². The maximum Gasteiger partial charge on any atom is 0.0591 e. The molecule has 1 N–H and O–H groups in total. The Balaban J connectivity index is 2.11. The molecule has 0 radical (unpaired) electrons. The van der Waals surface area contributed by atoms with Crippen molar-refractivity contribution in [2.75, 3.05) is 6.54 Å². The summed E-state index contributed by atoms with van der Waals surface area (Å²) in [5.74, 6) is 0. The van der Waals surface area contributed by atoms with Crippen LogP contribution in [0.5, 0.6) is 0 Å². The lowest BCUT2D eigenvalue weighted by molar-refractivity contribution is 0.636. The van der Waals surface area contributed by atoms with Gasteiger partial charge in [-0.3, -0.25) is 0 Å². The lowest BCUT2D eigenvalue weighted by Gasteiger charge is -2.18. The van der Waals surface area contributed by atoms with Crippen LogP contribution in [-0.4, -0.2) is 6.54 Å². The predicted molar refractivity (Wildman–Crippen MR) is 99.2 cm³/mol. The third-order valence-electron chi connectivity index (χ3n) is 3.50. The standard InChI is InChI=1S/C17H15Br2NS/c1-2-20-16(11-6-8-12(18)9-7-11)14-10-21-17-13(14)4-3-5-15(17)19/h3-10,16,20H,2H2,1H3. The quantitative estimate of drug-likeness (QED) is 0.531. The Morgan fingerprint density at radius 2 is 1.86 bits per heavy atom. The lowest BCUT2D eigenvalue weighted by atomic mass is 9.98. The van der Waals surface area contributed by atoms with Crippen molar-refractivity contribution in [2.24, 2.45) is 0 Å². The molecule has 0 aliphatic heterocycles. The van der Waals surface area contributed by atoms with Crippen LogP contribution in [0.15, 0.2) is 56.8 Å². The predicted octanol–water partition coefficient (Wildman–Crippen LogP) is 6.13. The van der Waals surface area contributed by atoms with E-state index in [1.54, 1.807) is 11.3 Å². The molecule has 3 aromatic rings. The highest BCUT2D eigenvalue weighted by molar-refractivity contribution is 9.11. The summed E-state index contributed by atoms with van der Waals surface area (Å²) in [5, 5.41) is 7.20.